The van der Waals surface area contributed by atoms with Crippen molar-refractivity contribution in [1.82, 2.24) is 0 Å². The molecule has 2 rings (SSSR count). The molecule has 0 aliphatic carbocycles. The molecule has 0 fully saturated rings. The van der Waals surface area contributed by atoms with Crippen molar-refractivity contribution in [1.29, 1.82) is 0 Å². The van der Waals surface area contributed by atoms with Crippen LogP contribution in [-0.2, 0) is 0 Å². The Bertz CT molecular complexity index is 744. The summed E-state index contributed by atoms with van der Waals surface area (Å²) in [5, 5.41) is 22.4. The highest BCUT2D eigenvalue weighted by molar-refractivity contribution is 5.81. The van der Waals surface area contributed by atoms with Crippen molar-refractivity contribution in [2.75, 3.05) is 14.2 Å². The van der Waals surface area contributed by atoms with Crippen molar-refractivity contribution in [3.05, 3.63) is 56.6 Å². The van der Waals surface area contributed by atoms with Crippen molar-refractivity contribution in [3.8, 4) is 22.6 Å². The van der Waals surface area contributed by atoms with Crippen LogP contribution < -0.4 is 9.47 Å². The minimum atomic E-state index is -0.721. The second-order valence-electron chi connectivity index (χ2n) is 4.26. The first-order chi connectivity index (χ1) is 10.5. The molecule has 114 valence electrons. The number of nitro benzene ring substituents is 2. The molecule has 0 amide bonds. The summed E-state index contributed by atoms with van der Waals surface area (Å²) < 4.78 is 9.99. The Kier molecular flexibility index (Phi) is 4.21. The summed E-state index contributed by atoms with van der Waals surface area (Å²) in [5.41, 5.74) is -0.198. The van der Waals surface area contributed by atoms with Gasteiger partial charge >= 0.3 is 11.4 Å². The third kappa shape index (κ3) is 2.66. The molecule has 0 atom stereocenters. The van der Waals surface area contributed by atoms with E-state index in [1.54, 1.807) is 24.3 Å². The molecule has 22 heavy (non-hydrogen) atoms. The molecule has 0 aliphatic heterocycles. The molecule has 2 aromatic rings. The number of nitrogens with zero attached hydrogens (tertiary/aromatic N) is 2. The number of hydrogen-bond donors (Lipinski definition) is 0. The predicted molar refractivity (Wildman–Crippen MR) is 78.3 cm³/mol. The molecule has 0 saturated heterocycles. The van der Waals surface area contributed by atoms with E-state index in [0.29, 0.717) is 11.3 Å². The number of nitro groups is 2. The van der Waals surface area contributed by atoms with Crippen LogP contribution in [-0.4, -0.2) is 24.1 Å². The van der Waals surface area contributed by atoms with E-state index in [2.05, 4.69) is 0 Å². The van der Waals surface area contributed by atoms with Crippen LogP contribution in [0.15, 0.2) is 36.4 Å². The first-order valence-electron chi connectivity index (χ1n) is 6.13. The summed E-state index contributed by atoms with van der Waals surface area (Å²) in [6, 6.07) is 9.13. The zero-order valence-electron chi connectivity index (χ0n) is 11.8. The van der Waals surface area contributed by atoms with Gasteiger partial charge in [-0.05, 0) is 23.8 Å². The molecule has 8 nitrogen and oxygen atoms in total. The SMILES string of the molecule is COc1cccc(-c2ccc([N+](=O)[O-])c(OC)c2[N+](=O)[O-])c1. The van der Waals surface area contributed by atoms with E-state index in [1.807, 2.05) is 0 Å². The maximum Gasteiger partial charge on any atom is 0.326 e. The van der Waals surface area contributed by atoms with Gasteiger partial charge in [0.2, 0.25) is 0 Å². The van der Waals surface area contributed by atoms with Crippen LogP contribution >= 0.6 is 0 Å². The van der Waals surface area contributed by atoms with Crippen LogP contribution in [0, 0.1) is 20.2 Å². The molecule has 0 radical (unpaired) electrons. The third-order valence-electron chi connectivity index (χ3n) is 3.07. The number of ether oxygens (including phenoxy) is 2. The second-order valence-corrected chi connectivity index (χ2v) is 4.26. The van der Waals surface area contributed by atoms with Gasteiger partial charge in [-0.1, -0.05) is 12.1 Å². The summed E-state index contributed by atoms with van der Waals surface area (Å²) in [5.74, 6) is 0.138. The number of rotatable bonds is 5. The summed E-state index contributed by atoms with van der Waals surface area (Å²) in [7, 11) is 2.63. The highest BCUT2D eigenvalue weighted by Crippen LogP contribution is 2.44. The lowest BCUT2D eigenvalue weighted by molar-refractivity contribution is -0.395. The minimum absolute atomic E-state index is 0.214. The number of hydrogen-bond acceptors (Lipinski definition) is 6. The Morgan fingerprint density at radius 2 is 1.68 bits per heavy atom. The normalized spacial score (nSPS) is 10.1. The van der Waals surface area contributed by atoms with Crippen LogP contribution in [0.5, 0.6) is 11.5 Å². The lowest BCUT2D eigenvalue weighted by atomic mass is 10.0. The molecule has 0 aromatic heterocycles. The van der Waals surface area contributed by atoms with Gasteiger partial charge in [0.1, 0.15) is 5.75 Å². The molecule has 0 saturated carbocycles. The van der Waals surface area contributed by atoms with Crippen LogP contribution in [0.4, 0.5) is 11.4 Å². The van der Waals surface area contributed by atoms with Crippen molar-refractivity contribution in [3.63, 3.8) is 0 Å². The largest absolute Gasteiger partial charge is 0.497 e. The maximum atomic E-state index is 11.4. The van der Waals surface area contributed by atoms with Gasteiger partial charge in [-0.15, -0.1) is 0 Å². The first kappa shape index (κ1) is 15.2. The van der Waals surface area contributed by atoms with E-state index in [4.69, 9.17) is 9.47 Å². The van der Waals surface area contributed by atoms with Crippen LogP contribution in [0.3, 0.4) is 0 Å². The summed E-state index contributed by atoms with van der Waals surface area (Å²) >= 11 is 0. The quantitative estimate of drug-likeness (QED) is 0.620. The number of methoxy groups -OCH3 is 2. The van der Waals surface area contributed by atoms with E-state index in [9.17, 15) is 20.2 Å². The van der Waals surface area contributed by atoms with E-state index >= 15 is 0 Å². The Hall–Kier alpha value is -3.16. The average molecular weight is 304 g/mol. The lowest BCUT2D eigenvalue weighted by Crippen LogP contribution is -2.01. The highest BCUT2D eigenvalue weighted by atomic mass is 16.6. The third-order valence-corrected chi connectivity index (χ3v) is 3.07. The first-order valence-corrected chi connectivity index (χ1v) is 6.13. The fourth-order valence-corrected chi connectivity index (χ4v) is 2.11. The Balaban J connectivity index is 2.75. The van der Waals surface area contributed by atoms with Gasteiger partial charge in [0, 0.05) is 6.07 Å². The lowest BCUT2D eigenvalue weighted by Gasteiger charge is -2.09. The van der Waals surface area contributed by atoms with E-state index < -0.39 is 21.2 Å². The Morgan fingerprint density at radius 1 is 0.955 bits per heavy atom. The minimum Gasteiger partial charge on any atom is -0.497 e. The zero-order valence-corrected chi connectivity index (χ0v) is 11.8. The standard InChI is InChI=1S/C14H12N2O6/c1-21-10-5-3-4-9(8-10)11-6-7-12(15(17)18)14(22-2)13(11)16(19)20/h3-8H,1-2H3. The second kappa shape index (κ2) is 6.08. The molecular formula is C14H12N2O6. The molecule has 0 heterocycles. The average Bonchev–Trinajstić information content (AvgIpc) is 2.53. The molecule has 0 N–H and O–H groups in total. The highest BCUT2D eigenvalue weighted by Gasteiger charge is 2.30. The number of benzene rings is 2. The molecule has 0 spiro atoms. The van der Waals surface area contributed by atoms with Gasteiger partial charge in [-0.2, -0.15) is 0 Å². The molecule has 2 aromatic carbocycles. The fourth-order valence-electron chi connectivity index (χ4n) is 2.11. The van der Waals surface area contributed by atoms with E-state index in [1.165, 1.54) is 19.2 Å². The zero-order chi connectivity index (χ0) is 16.3. The molecule has 0 bridgehead atoms. The van der Waals surface area contributed by atoms with Crippen LogP contribution in [0.25, 0.3) is 11.1 Å². The molecule has 8 heteroatoms. The summed E-state index contributed by atoms with van der Waals surface area (Å²) in [6.45, 7) is 0. The maximum absolute atomic E-state index is 11.4. The van der Waals surface area contributed by atoms with Crippen molar-refractivity contribution >= 4 is 11.4 Å². The van der Waals surface area contributed by atoms with Crippen molar-refractivity contribution in [2.45, 2.75) is 0 Å². The molecule has 0 aliphatic rings. The summed E-state index contributed by atoms with van der Waals surface area (Å²) in [6.07, 6.45) is 0. The van der Waals surface area contributed by atoms with Gasteiger partial charge < -0.3 is 9.47 Å². The van der Waals surface area contributed by atoms with E-state index in [-0.39, 0.29) is 11.3 Å². The monoisotopic (exact) mass is 304 g/mol. The summed E-state index contributed by atoms with van der Waals surface area (Å²) in [4.78, 5) is 20.9. The Labute approximate surface area is 125 Å². The fraction of sp³-hybridized carbons (Fsp3) is 0.143. The van der Waals surface area contributed by atoms with E-state index in [0.717, 1.165) is 7.11 Å². The molecule has 0 unspecified atom stereocenters. The predicted octanol–water partition coefficient (Wildman–Crippen LogP) is 3.19. The van der Waals surface area contributed by atoms with Gasteiger partial charge in [-0.3, -0.25) is 20.2 Å². The van der Waals surface area contributed by atoms with Crippen LogP contribution in [0.1, 0.15) is 0 Å². The van der Waals surface area contributed by atoms with Crippen LogP contribution in [0.2, 0.25) is 0 Å². The smallest absolute Gasteiger partial charge is 0.326 e. The Morgan fingerprint density at radius 3 is 2.23 bits per heavy atom. The van der Waals surface area contributed by atoms with Gasteiger partial charge in [0.15, 0.2) is 0 Å². The van der Waals surface area contributed by atoms with Gasteiger partial charge in [0.25, 0.3) is 5.75 Å². The topological polar surface area (TPSA) is 105 Å². The molecular weight excluding hydrogens is 292 g/mol. The van der Waals surface area contributed by atoms with Gasteiger partial charge in [0.05, 0.1) is 29.6 Å². The van der Waals surface area contributed by atoms with Crippen molar-refractivity contribution in [2.24, 2.45) is 0 Å². The van der Waals surface area contributed by atoms with Gasteiger partial charge in [-0.25, -0.2) is 0 Å². The van der Waals surface area contributed by atoms with Crippen molar-refractivity contribution < 1.29 is 19.3 Å².